The van der Waals surface area contributed by atoms with E-state index in [-0.39, 0.29) is 31.0 Å². The van der Waals surface area contributed by atoms with Crippen LogP contribution in [0.4, 0.5) is 32.3 Å². The summed E-state index contributed by atoms with van der Waals surface area (Å²) >= 11 is 12.2. The molecule has 0 radical (unpaired) electrons. The van der Waals surface area contributed by atoms with Crippen LogP contribution < -0.4 is 9.80 Å². The van der Waals surface area contributed by atoms with Gasteiger partial charge in [-0.2, -0.15) is 9.59 Å². The normalized spacial score (nSPS) is 21.1. The molecule has 2 fully saturated rings. The summed E-state index contributed by atoms with van der Waals surface area (Å²) in [7, 11) is 0. The molecule has 2 heterocycles. The van der Waals surface area contributed by atoms with Gasteiger partial charge in [-0.15, -0.1) is 0 Å². The number of anilines is 2. The van der Waals surface area contributed by atoms with Gasteiger partial charge in [-0.1, -0.05) is 35.3 Å². The van der Waals surface area contributed by atoms with E-state index < -0.39 is 18.2 Å². The van der Waals surface area contributed by atoms with E-state index in [4.69, 9.17) is 55.4 Å². The second kappa shape index (κ2) is 13.8. The standard InChI is InChI=1S/C13H13ClN2O3.C13H13ClN2O2.CO2/c1-7-10(5-4-9(15-3)12(7)14)16-11(6-17)8(2)19-13(16)18;1-7-11(6-5-10(15-4)12(7)14)16-8(2)9(3)18-13(16)17;2-1-3/h4-5,8,11,17H,6H2,1-2H3;5-6,8-9H,1-3H3;/t8-,11+;8-,9+;/m10./s1. The summed E-state index contributed by atoms with van der Waals surface area (Å²) in [6.07, 6.45) is -1.18. The Balaban J connectivity index is 0.000000256. The topological polar surface area (TPSA) is 122 Å². The molecule has 4 atom stereocenters. The average Bonchev–Trinajstić information content (AvgIpc) is 3.35. The smallest absolute Gasteiger partial charge is 0.415 e. The number of ether oxygens (including phenoxy) is 2. The van der Waals surface area contributed by atoms with Gasteiger partial charge in [-0.05, 0) is 57.9 Å². The number of nitrogens with zero attached hydrogens (tertiary/aromatic N) is 4. The van der Waals surface area contributed by atoms with E-state index in [1.807, 2.05) is 13.8 Å². The number of rotatable bonds is 3. The van der Waals surface area contributed by atoms with Crippen molar-refractivity contribution in [3.05, 3.63) is 68.3 Å². The lowest BCUT2D eigenvalue weighted by Crippen LogP contribution is -2.39. The molecule has 13 heteroatoms. The molecule has 11 nitrogen and oxygen atoms in total. The Labute approximate surface area is 241 Å². The van der Waals surface area contributed by atoms with Crippen LogP contribution in [0.3, 0.4) is 0 Å². The zero-order valence-corrected chi connectivity index (χ0v) is 23.8. The molecule has 2 aliphatic heterocycles. The minimum atomic E-state index is -0.513. The summed E-state index contributed by atoms with van der Waals surface area (Å²) in [4.78, 5) is 49.5. The maximum absolute atomic E-state index is 11.9. The van der Waals surface area contributed by atoms with Crippen LogP contribution in [0.25, 0.3) is 9.69 Å². The van der Waals surface area contributed by atoms with Gasteiger partial charge in [0.2, 0.25) is 11.4 Å². The van der Waals surface area contributed by atoms with E-state index in [9.17, 15) is 14.7 Å². The number of cyclic esters (lactones) is 2. The molecular formula is C27H26Cl2N4O7. The first kappa shape index (κ1) is 32.1. The molecule has 0 aromatic heterocycles. The fourth-order valence-electron chi connectivity index (χ4n) is 4.17. The van der Waals surface area contributed by atoms with Gasteiger partial charge in [-0.3, -0.25) is 9.80 Å². The highest BCUT2D eigenvalue weighted by atomic mass is 35.5. The van der Waals surface area contributed by atoms with Crippen molar-refractivity contribution in [3.8, 4) is 0 Å². The Bertz CT molecular complexity index is 1410. The second-order valence-electron chi connectivity index (χ2n) is 8.80. The first-order chi connectivity index (χ1) is 18.9. The zero-order chi connectivity index (χ0) is 30.3. The molecule has 1 N–H and O–H groups in total. The van der Waals surface area contributed by atoms with Crippen LogP contribution in [0.2, 0.25) is 10.0 Å². The van der Waals surface area contributed by atoms with E-state index in [1.165, 1.54) is 4.90 Å². The summed E-state index contributed by atoms with van der Waals surface area (Å²) in [5.74, 6) is 0. The SMILES string of the molecule is O=C=O.[C-]#[N+]c1ccc(N2C(=O)O[C@H](C)[C@@H]2C)c(C)c1Cl.[C-]#[N+]c1ccc(N2C(=O)O[C@H](C)[C@@H]2CO)c(C)c1Cl. The van der Waals surface area contributed by atoms with Gasteiger partial charge in [0.05, 0.1) is 35.8 Å². The molecule has 2 aromatic rings. The summed E-state index contributed by atoms with van der Waals surface area (Å²) in [6.45, 7) is 22.8. The predicted octanol–water partition coefficient (Wildman–Crippen LogP) is 6.25. The zero-order valence-electron chi connectivity index (χ0n) is 22.3. The van der Waals surface area contributed by atoms with Crippen LogP contribution in [0.1, 0.15) is 31.9 Å². The van der Waals surface area contributed by atoms with Gasteiger partial charge in [0.1, 0.15) is 18.2 Å². The number of hydrogen-bond acceptors (Lipinski definition) is 7. The summed E-state index contributed by atoms with van der Waals surface area (Å²) in [5, 5.41) is 10.1. The molecule has 2 amide bonds. The number of hydrogen-bond donors (Lipinski definition) is 1. The third-order valence-corrected chi connectivity index (χ3v) is 7.50. The molecular weight excluding hydrogens is 563 g/mol. The van der Waals surface area contributed by atoms with E-state index >= 15 is 0 Å². The molecule has 0 unspecified atom stereocenters. The van der Waals surface area contributed by atoms with Crippen molar-refractivity contribution < 1.29 is 33.8 Å². The molecule has 2 aromatic carbocycles. The third-order valence-electron chi connectivity index (χ3n) is 6.55. The molecule has 0 saturated carbocycles. The number of carbonyl (C=O) groups is 2. The number of halogens is 2. The van der Waals surface area contributed by atoms with Crippen molar-refractivity contribution in [1.82, 2.24) is 0 Å². The average molecular weight is 589 g/mol. The number of benzene rings is 2. The van der Waals surface area contributed by atoms with Crippen LogP contribution in [0, 0.1) is 27.0 Å². The minimum Gasteiger partial charge on any atom is -0.444 e. The highest BCUT2D eigenvalue weighted by Crippen LogP contribution is 2.39. The molecule has 2 aliphatic rings. The van der Waals surface area contributed by atoms with Gasteiger partial charge in [0.25, 0.3) is 0 Å². The van der Waals surface area contributed by atoms with Crippen LogP contribution in [0.5, 0.6) is 0 Å². The highest BCUT2D eigenvalue weighted by Gasteiger charge is 2.40. The fourth-order valence-corrected chi connectivity index (χ4v) is 4.57. The van der Waals surface area contributed by atoms with Crippen molar-refractivity contribution in [2.45, 2.75) is 58.9 Å². The van der Waals surface area contributed by atoms with Gasteiger partial charge in [0, 0.05) is 11.4 Å². The monoisotopic (exact) mass is 588 g/mol. The van der Waals surface area contributed by atoms with Crippen LogP contribution in [0.15, 0.2) is 24.3 Å². The van der Waals surface area contributed by atoms with Crippen molar-refractivity contribution in [1.29, 1.82) is 0 Å². The van der Waals surface area contributed by atoms with Crippen molar-refractivity contribution in [2.24, 2.45) is 0 Å². The highest BCUT2D eigenvalue weighted by molar-refractivity contribution is 6.35. The molecule has 0 bridgehead atoms. The summed E-state index contributed by atoms with van der Waals surface area (Å²) in [6, 6.07) is 6.08. The van der Waals surface area contributed by atoms with Crippen LogP contribution >= 0.6 is 23.2 Å². The number of carbonyl (C=O) groups excluding carboxylic acids is 4. The molecule has 2 saturated heterocycles. The predicted molar refractivity (Wildman–Crippen MR) is 147 cm³/mol. The fraction of sp³-hybridized carbons (Fsp3) is 0.370. The lowest BCUT2D eigenvalue weighted by atomic mass is 10.1. The molecule has 4 rings (SSSR count). The van der Waals surface area contributed by atoms with Crippen molar-refractivity contribution in [2.75, 3.05) is 16.4 Å². The first-order valence-corrected chi connectivity index (χ1v) is 12.6. The maximum atomic E-state index is 11.9. The largest absolute Gasteiger partial charge is 0.444 e. The summed E-state index contributed by atoms with van der Waals surface area (Å²) < 4.78 is 10.3. The lowest BCUT2D eigenvalue weighted by molar-refractivity contribution is -0.191. The lowest BCUT2D eigenvalue weighted by Gasteiger charge is -2.23. The quantitative estimate of drug-likeness (QED) is 0.420. The van der Waals surface area contributed by atoms with Gasteiger partial charge in [0.15, 0.2) is 0 Å². The van der Waals surface area contributed by atoms with E-state index in [2.05, 4.69) is 9.69 Å². The van der Waals surface area contributed by atoms with Crippen LogP contribution in [-0.4, -0.2) is 54.3 Å². The Morgan fingerprint density at radius 1 is 0.850 bits per heavy atom. The number of aliphatic hydroxyl groups is 1. The second-order valence-corrected chi connectivity index (χ2v) is 9.56. The van der Waals surface area contributed by atoms with E-state index in [0.717, 1.165) is 5.56 Å². The van der Waals surface area contributed by atoms with Crippen molar-refractivity contribution >= 4 is 64.3 Å². The van der Waals surface area contributed by atoms with E-state index in [0.29, 0.717) is 38.4 Å². The minimum absolute atomic E-state index is 0.0499. The van der Waals surface area contributed by atoms with Crippen LogP contribution in [-0.2, 0) is 19.1 Å². The number of aliphatic hydroxyl groups excluding tert-OH is 1. The molecule has 210 valence electrons. The van der Waals surface area contributed by atoms with Gasteiger partial charge in [-0.25, -0.2) is 19.3 Å². The summed E-state index contributed by atoms with van der Waals surface area (Å²) in [5.41, 5.74) is 3.35. The Hall–Kier alpha value is -4.12. The Morgan fingerprint density at radius 2 is 1.25 bits per heavy atom. The molecule has 0 aliphatic carbocycles. The Kier molecular flexibility index (Phi) is 11.1. The Morgan fingerprint density at radius 3 is 1.62 bits per heavy atom. The van der Waals surface area contributed by atoms with Crippen molar-refractivity contribution in [3.63, 3.8) is 0 Å². The molecule has 40 heavy (non-hydrogen) atoms. The molecule has 0 spiro atoms. The van der Waals surface area contributed by atoms with Gasteiger partial charge >= 0.3 is 18.3 Å². The van der Waals surface area contributed by atoms with Gasteiger partial charge < -0.3 is 14.6 Å². The van der Waals surface area contributed by atoms with E-state index in [1.54, 1.807) is 49.9 Å². The maximum Gasteiger partial charge on any atom is 0.415 e. The first-order valence-electron chi connectivity index (χ1n) is 11.8. The third kappa shape index (κ3) is 6.36. The number of amides is 2.